The van der Waals surface area contributed by atoms with Crippen molar-refractivity contribution in [2.75, 3.05) is 5.32 Å². The number of aromatic nitrogens is 1. The highest BCUT2D eigenvalue weighted by Crippen LogP contribution is 2.38. The van der Waals surface area contributed by atoms with Crippen LogP contribution in [-0.2, 0) is 16.0 Å². The van der Waals surface area contributed by atoms with Gasteiger partial charge in [0.1, 0.15) is 17.5 Å². The van der Waals surface area contributed by atoms with Gasteiger partial charge in [0, 0.05) is 16.1 Å². The van der Waals surface area contributed by atoms with E-state index in [1.165, 1.54) is 0 Å². The number of amides is 1. The normalized spacial score (nSPS) is 11.7. The molecule has 1 heterocycles. The number of halogens is 2. The van der Waals surface area contributed by atoms with E-state index in [1.54, 1.807) is 56.3 Å². The summed E-state index contributed by atoms with van der Waals surface area (Å²) in [7, 11) is 0. The van der Waals surface area contributed by atoms with Crippen molar-refractivity contribution in [1.82, 2.24) is 5.16 Å². The van der Waals surface area contributed by atoms with E-state index in [0.29, 0.717) is 43.9 Å². The first-order valence-corrected chi connectivity index (χ1v) is 11.8. The van der Waals surface area contributed by atoms with Crippen molar-refractivity contribution in [3.8, 4) is 22.5 Å². The average molecular weight is 525 g/mol. The van der Waals surface area contributed by atoms with Crippen molar-refractivity contribution >= 4 is 41.0 Å². The maximum atomic E-state index is 12.6. The Morgan fingerprint density at radius 2 is 1.72 bits per heavy atom. The number of hydrogen-bond acceptors (Lipinski definition) is 5. The van der Waals surface area contributed by atoms with Crippen LogP contribution in [0.5, 0.6) is 0 Å². The van der Waals surface area contributed by atoms with Crippen LogP contribution >= 0.6 is 23.2 Å². The fourth-order valence-electron chi connectivity index (χ4n) is 3.73. The summed E-state index contributed by atoms with van der Waals surface area (Å²) in [6.45, 7) is 3.42. The van der Waals surface area contributed by atoms with Gasteiger partial charge in [-0.1, -0.05) is 76.9 Å². The number of hydrogen-bond donors (Lipinski definition) is 2. The van der Waals surface area contributed by atoms with Gasteiger partial charge in [-0.3, -0.25) is 10.1 Å². The van der Waals surface area contributed by atoms with Gasteiger partial charge in [-0.05, 0) is 48.7 Å². The summed E-state index contributed by atoms with van der Waals surface area (Å²) < 4.78 is 11.0. The van der Waals surface area contributed by atoms with Crippen LogP contribution in [0.1, 0.15) is 29.8 Å². The van der Waals surface area contributed by atoms with Crippen LogP contribution in [0.4, 0.5) is 10.5 Å². The smallest absolute Gasteiger partial charge is 0.412 e. The van der Waals surface area contributed by atoms with Crippen molar-refractivity contribution in [3.63, 3.8) is 0 Å². The number of ether oxygens (including phenoxy) is 1. The van der Waals surface area contributed by atoms with Gasteiger partial charge in [-0.15, -0.1) is 0 Å². The molecular formula is C27H22Cl2N2O5. The molecular weight excluding hydrogens is 503 g/mol. The largest absolute Gasteiger partial charge is 0.481 e. The summed E-state index contributed by atoms with van der Waals surface area (Å²) in [5.74, 6) is -0.590. The number of rotatable bonds is 7. The Kier molecular flexibility index (Phi) is 7.62. The van der Waals surface area contributed by atoms with Crippen molar-refractivity contribution in [3.05, 3.63) is 93.6 Å². The van der Waals surface area contributed by atoms with Crippen molar-refractivity contribution < 1.29 is 24.0 Å². The van der Waals surface area contributed by atoms with E-state index >= 15 is 0 Å². The zero-order valence-corrected chi connectivity index (χ0v) is 20.9. The molecule has 1 aromatic heterocycles. The molecule has 0 aliphatic rings. The van der Waals surface area contributed by atoms with Gasteiger partial charge in [0.25, 0.3) is 0 Å². The minimum Gasteiger partial charge on any atom is -0.481 e. The highest BCUT2D eigenvalue weighted by atomic mass is 35.5. The van der Waals surface area contributed by atoms with Gasteiger partial charge < -0.3 is 14.4 Å². The lowest BCUT2D eigenvalue weighted by Gasteiger charge is -2.15. The van der Waals surface area contributed by atoms with Crippen LogP contribution < -0.4 is 5.32 Å². The molecule has 0 aliphatic heterocycles. The maximum absolute atomic E-state index is 12.6. The fraction of sp³-hybridized carbons (Fsp3) is 0.148. The first kappa shape index (κ1) is 25.3. The summed E-state index contributed by atoms with van der Waals surface area (Å²) in [6, 6.07) is 19.7. The van der Waals surface area contributed by atoms with Gasteiger partial charge >= 0.3 is 12.1 Å². The second kappa shape index (κ2) is 10.8. The average Bonchev–Trinajstić information content (AvgIpc) is 3.19. The second-order valence-corrected chi connectivity index (χ2v) is 8.94. The monoisotopic (exact) mass is 524 g/mol. The lowest BCUT2D eigenvalue weighted by atomic mass is 10.0. The summed E-state index contributed by atoms with van der Waals surface area (Å²) in [5.41, 5.74) is 4.45. The highest BCUT2D eigenvalue weighted by Gasteiger charge is 2.22. The lowest BCUT2D eigenvalue weighted by Crippen LogP contribution is -2.17. The minimum absolute atomic E-state index is 0.0415. The Labute approximate surface area is 217 Å². The number of carbonyl (C=O) groups excluding carboxylic acids is 1. The molecule has 0 radical (unpaired) electrons. The van der Waals surface area contributed by atoms with Crippen LogP contribution in [0.15, 0.2) is 71.3 Å². The number of carbonyl (C=O) groups is 2. The van der Waals surface area contributed by atoms with E-state index < -0.39 is 18.2 Å². The SMILES string of the molecule is Cc1noc(-c2ccc(-c3ccc(CC(=O)O)cc3)cc2Cl)c1NC(=O)O[C@H](C)c1ccccc1Cl. The molecule has 0 bridgehead atoms. The summed E-state index contributed by atoms with van der Waals surface area (Å²) in [4.78, 5) is 23.5. The zero-order chi connectivity index (χ0) is 25.8. The van der Waals surface area contributed by atoms with Crippen molar-refractivity contribution in [1.29, 1.82) is 0 Å². The number of benzene rings is 3. The Bertz CT molecular complexity index is 1420. The van der Waals surface area contributed by atoms with Gasteiger partial charge in [-0.2, -0.15) is 0 Å². The Morgan fingerprint density at radius 3 is 2.39 bits per heavy atom. The van der Waals surface area contributed by atoms with E-state index in [4.69, 9.17) is 37.6 Å². The van der Waals surface area contributed by atoms with Crippen LogP contribution in [0.2, 0.25) is 10.0 Å². The zero-order valence-electron chi connectivity index (χ0n) is 19.4. The summed E-state index contributed by atoms with van der Waals surface area (Å²) in [5, 5.41) is 16.5. The molecule has 0 saturated heterocycles. The van der Waals surface area contributed by atoms with Gasteiger partial charge in [0.15, 0.2) is 5.76 Å². The molecule has 1 atom stereocenters. The quantitative estimate of drug-likeness (QED) is 0.258. The van der Waals surface area contributed by atoms with E-state index in [9.17, 15) is 9.59 Å². The summed E-state index contributed by atoms with van der Waals surface area (Å²) >= 11 is 12.8. The highest BCUT2D eigenvalue weighted by molar-refractivity contribution is 6.33. The molecule has 4 aromatic rings. The molecule has 0 saturated carbocycles. The Hall–Kier alpha value is -3.81. The lowest BCUT2D eigenvalue weighted by molar-refractivity contribution is -0.136. The van der Waals surface area contributed by atoms with Crippen molar-refractivity contribution in [2.45, 2.75) is 26.4 Å². The number of aliphatic carboxylic acids is 1. The number of anilines is 1. The molecule has 0 spiro atoms. The standard InChI is InChI=1S/C27H22Cl2N2O5/c1-15-25(30-27(34)35-16(2)20-5-3-4-6-22(20)28)26(36-31-15)21-12-11-19(14-23(21)29)18-9-7-17(8-10-18)13-24(32)33/h3-12,14,16H,13H2,1-2H3,(H,30,34)(H,32,33)/t16-/m1/s1. The molecule has 4 rings (SSSR count). The van der Waals surface area contributed by atoms with Gasteiger partial charge in [0.05, 0.1) is 11.4 Å². The summed E-state index contributed by atoms with van der Waals surface area (Å²) in [6.07, 6.45) is -1.31. The molecule has 184 valence electrons. The number of nitrogens with zero attached hydrogens (tertiary/aromatic N) is 1. The number of aryl methyl sites for hydroxylation is 1. The van der Waals surface area contributed by atoms with Gasteiger partial charge in [-0.25, -0.2) is 4.79 Å². The Balaban J connectivity index is 1.53. The van der Waals surface area contributed by atoms with Crippen LogP contribution in [-0.4, -0.2) is 22.3 Å². The van der Waals surface area contributed by atoms with Crippen LogP contribution in [0.3, 0.4) is 0 Å². The maximum Gasteiger partial charge on any atom is 0.412 e. The van der Waals surface area contributed by atoms with Gasteiger partial charge in [0.2, 0.25) is 0 Å². The molecule has 0 unspecified atom stereocenters. The molecule has 36 heavy (non-hydrogen) atoms. The second-order valence-electron chi connectivity index (χ2n) is 8.13. The number of carboxylic acid groups (broad SMARTS) is 1. The third kappa shape index (κ3) is 5.70. The molecule has 2 N–H and O–H groups in total. The van der Waals surface area contributed by atoms with Crippen LogP contribution in [0, 0.1) is 6.92 Å². The topological polar surface area (TPSA) is 102 Å². The van der Waals surface area contributed by atoms with Crippen molar-refractivity contribution in [2.24, 2.45) is 0 Å². The number of nitrogens with one attached hydrogen (secondary N) is 1. The molecule has 3 aromatic carbocycles. The third-order valence-corrected chi connectivity index (χ3v) is 6.23. The van der Waals surface area contributed by atoms with E-state index in [2.05, 4.69) is 10.5 Å². The first-order chi connectivity index (χ1) is 17.2. The Morgan fingerprint density at radius 1 is 1.03 bits per heavy atom. The molecule has 0 fully saturated rings. The first-order valence-electron chi connectivity index (χ1n) is 11.0. The number of carboxylic acids is 1. The fourth-order valence-corrected chi connectivity index (χ4v) is 4.29. The third-order valence-electron chi connectivity index (χ3n) is 5.57. The molecule has 9 heteroatoms. The van der Waals surface area contributed by atoms with E-state index in [-0.39, 0.29) is 6.42 Å². The van der Waals surface area contributed by atoms with E-state index in [1.807, 2.05) is 24.3 Å². The molecule has 7 nitrogen and oxygen atoms in total. The predicted molar refractivity (Wildman–Crippen MR) is 138 cm³/mol. The predicted octanol–water partition coefficient (Wildman–Crippen LogP) is 7.56. The minimum atomic E-state index is -0.885. The van der Waals surface area contributed by atoms with E-state index in [0.717, 1.165) is 11.1 Å². The van der Waals surface area contributed by atoms with Crippen LogP contribution in [0.25, 0.3) is 22.5 Å². The molecule has 1 amide bonds. The molecule has 0 aliphatic carbocycles.